The lowest BCUT2D eigenvalue weighted by molar-refractivity contribution is 0.830. The van der Waals surface area contributed by atoms with Crippen LogP contribution in [0.15, 0.2) is 72.8 Å². The molecule has 0 saturated carbocycles. The summed E-state index contributed by atoms with van der Waals surface area (Å²) >= 11 is 0. The Morgan fingerprint density at radius 2 is 1.46 bits per heavy atom. The van der Waals surface area contributed by atoms with Crippen LogP contribution in [0.4, 0.5) is 0 Å². The first kappa shape index (κ1) is 14.1. The number of fused-ring (bicyclic) bond motifs is 9. The molecule has 0 saturated heterocycles. The average Bonchev–Trinajstić information content (AvgIpc) is 3.23. The lowest BCUT2D eigenvalue weighted by Gasteiger charge is -2.10. The zero-order valence-corrected chi connectivity index (χ0v) is 14.8. The smallest absolute Gasteiger partial charge is 0.0574 e. The second-order valence-corrected chi connectivity index (χ2v) is 7.26. The average molecular weight is 333 g/mol. The zero-order valence-electron chi connectivity index (χ0n) is 14.8. The van der Waals surface area contributed by atoms with Gasteiger partial charge in [0.2, 0.25) is 0 Å². The molecule has 1 aromatic heterocycles. The number of aryl methyl sites for hydroxylation is 1. The van der Waals surface area contributed by atoms with Gasteiger partial charge in [0.15, 0.2) is 0 Å². The fourth-order valence-electron chi connectivity index (χ4n) is 4.89. The van der Waals surface area contributed by atoms with Crippen molar-refractivity contribution in [2.75, 3.05) is 0 Å². The largest absolute Gasteiger partial charge is 0.340 e. The van der Waals surface area contributed by atoms with Crippen LogP contribution in [-0.2, 0) is 13.0 Å². The van der Waals surface area contributed by atoms with Gasteiger partial charge in [0.05, 0.1) is 11.0 Å². The van der Waals surface area contributed by atoms with E-state index >= 15 is 0 Å². The summed E-state index contributed by atoms with van der Waals surface area (Å²) in [6.07, 6.45) is 1.05. The lowest BCUT2D eigenvalue weighted by Crippen LogP contribution is -1.96. The highest BCUT2D eigenvalue weighted by Gasteiger charge is 2.24. The number of hydrogen-bond donors (Lipinski definition) is 0. The van der Waals surface area contributed by atoms with Gasteiger partial charge in [-0.05, 0) is 35.4 Å². The third kappa shape index (κ3) is 1.65. The Morgan fingerprint density at radius 3 is 2.38 bits per heavy atom. The summed E-state index contributed by atoms with van der Waals surface area (Å²) in [5, 5.41) is 5.41. The molecule has 1 nitrogen and oxygen atoms in total. The molecule has 4 aromatic carbocycles. The molecule has 0 unspecified atom stereocenters. The number of rotatable bonds is 1. The Bertz CT molecular complexity index is 1340. The summed E-state index contributed by atoms with van der Waals surface area (Å²) in [6.45, 7) is 3.24. The van der Waals surface area contributed by atoms with Crippen LogP contribution in [0.3, 0.4) is 0 Å². The summed E-state index contributed by atoms with van der Waals surface area (Å²) in [5.41, 5.74) is 8.54. The predicted octanol–water partition coefficient (Wildman–Crippen LogP) is 6.54. The van der Waals surface area contributed by atoms with E-state index in [1.807, 2.05) is 0 Å². The maximum absolute atomic E-state index is 2.54. The first-order valence-electron chi connectivity index (χ1n) is 9.40. The van der Waals surface area contributed by atoms with Crippen LogP contribution in [0, 0.1) is 0 Å². The Kier molecular flexibility index (Phi) is 2.71. The molecule has 1 aliphatic carbocycles. The molecule has 1 heteroatoms. The first-order chi connectivity index (χ1) is 12.9. The van der Waals surface area contributed by atoms with E-state index in [4.69, 9.17) is 0 Å². The van der Waals surface area contributed by atoms with E-state index in [9.17, 15) is 0 Å². The van der Waals surface area contributed by atoms with E-state index < -0.39 is 0 Å². The quantitative estimate of drug-likeness (QED) is 0.322. The number of hydrogen-bond acceptors (Lipinski definition) is 0. The van der Waals surface area contributed by atoms with Gasteiger partial charge in [-0.15, -0.1) is 0 Å². The van der Waals surface area contributed by atoms with E-state index in [0.29, 0.717) is 0 Å². The molecular formula is C25H19N. The van der Waals surface area contributed by atoms with Gasteiger partial charge in [-0.2, -0.15) is 0 Å². The maximum atomic E-state index is 2.54. The van der Waals surface area contributed by atoms with Crippen molar-refractivity contribution in [3.8, 4) is 11.1 Å². The highest BCUT2D eigenvalue weighted by Crippen LogP contribution is 2.45. The monoisotopic (exact) mass is 333 g/mol. The van der Waals surface area contributed by atoms with Crippen LogP contribution in [0.5, 0.6) is 0 Å². The van der Waals surface area contributed by atoms with Gasteiger partial charge in [0, 0.05) is 28.3 Å². The number of benzene rings is 4. The first-order valence-corrected chi connectivity index (χ1v) is 9.40. The van der Waals surface area contributed by atoms with Gasteiger partial charge in [-0.25, -0.2) is 0 Å². The van der Waals surface area contributed by atoms with Crippen molar-refractivity contribution in [3.05, 3.63) is 83.9 Å². The van der Waals surface area contributed by atoms with Gasteiger partial charge in [0.1, 0.15) is 0 Å². The molecule has 0 fully saturated rings. The molecule has 0 bridgehead atoms. The fraction of sp³-hybridized carbons (Fsp3) is 0.120. The van der Waals surface area contributed by atoms with Crippen LogP contribution < -0.4 is 0 Å². The molecular weight excluding hydrogens is 314 g/mol. The van der Waals surface area contributed by atoms with Crippen LogP contribution in [0.1, 0.15) is 18.1 Å². The Labute approximate surface area is 152 Å². The topological polar surface area (TPSA) is 4.93 Å². The molecule has 124 valence electrons. The Morgan fingerprint density at radius 1 is 0.692 bits per heavy atom. The van der Waals surface area contributed by atoms with Crippen molar-refractivity contribution in [3.63, 3.8) is 0 Å². The molecule has 0 spiro atoms. The number of nitrogens with zero attached hydrogens (tertiary/aromatic N) is 1. The van der Waals surface area contributed by atoms with Crippen molar-refractivity contribution >= 4 is 32.6 Å². The molecule has 0 aliphatic heterocycles. The maximum Gasteiger partial charge on any atom is 0.0574 e. The van der Waals surface area contributed by atoms with Crippen LogP contribution in [0.25, 0.3) is 43.7 Å². The summed E-state index contributed by atoms with van der Waals surface area (Å²) < 4.78 is 2.54. The standard InChI is InChI=1S/C25H19N/c1-2-26-24-20-10-6-3-7-16(20)11-13-21(24)22-14-12-18-15-17-8-4-5-9-19(17)23(18)25(22)26/h3-14H,2,15H2,1H3. The highest BCUT2D eigenvalue weighted by atomic mass is 15.0. The number of aromatic nitrogens is 1. The minimum Gasteiger partial charge on any atom is -0.340 e. The summed E-state index contributed by atoms with van der Waals surface area (Å²) in [7, 11) is 0. The van der Waals surface area contributed by atoms with Gasteiger partial charge < -0.3 is 4.57 Å². The van der Waals surface area contributed by atoms with Gasteiger partial charge >= 0.3 is 0 Å². The Balaban J connectivity index is 1.88. The van der Waals surface area contributed by atoms with Crippen LogP contribution >= 0.6 is 0 Å². The van der Waals surface area contributed by atoms with Crippen molar-refractivity contribution in [1.29, 1.82) is 0 Å². The molecule has 1 aliphatic rings. The second kappa shape index (κ2) is 4.98. The zero-order chi connectivity index (χ0) is 17.3. The fourth-order valence-corrected chi connectivity index (χ4v) is 4.89. The molecule has 0 radical (unpaired) electrons. The van der Waals surface area contributed by atoms with E-state index in [2.05, 4.69) is 84.3 Å². The molecule has 1 heterocycles. The predicted molar refractivity (Wildman–Crippen MR) is 111 cm³/mol. The van der Waals surface area contributed by atoms with Crippen molar-refractivity contribution in [1.82, 2.24) is 4.57 Å². The molecule has 0 amide bonds. The SMILES string of the molecule is CCn1c2c3c(ccc2c2ccc4ccccc4c21)Cc1ccccc1-3. The van der Waals surface area contributed by atoms with Crippen molar-refractivity contribution in [2.45, 2.75) is 19.9 Å². The summed E-state index contributed by atoms with van der Waals surface area (Å²) in [6, 6.07) is 26.9. The normalized spacial score (nSPS) is 12.8. The molecule has 26 heavy (non-hydrogen) atoms. The molecule has 0 N–H and O–H groups in total. The minimum atomic E-state index is 0.979. The van der Waals surface area contributed by atoms with Crippen LogP contribution in [-0.4, -0.2) is 4.57 Å². The molecule has 0 atom stereocenters. The highest BCUT2D eigenvalue weighted by molar-refractivity contribution is 6.20. The van der Waals surface area contributed by atoms with Gasteiger partial charge in [-0.3, -0.25) is 0 Å². The lowest BCUT2D eigenvalue weighted by atomic mass is 10.0. The Hall–Kier alpha value is -3.06. The van der Waals surface area contributed by atoms with Crippen molar-refractivity contribution in [2.24, 2.45) is 0 Å². The minimum absolute atomic E-state index is 0.979. The van der Waals surface area contributed by atoms with Gasteiger partial charge in [-0.1, -0.05) is 72.8 Å². The van der Waals surface area contributed by atoms with E-state index in [1.165, 1.54) is 54.8 Å². The summed E-state index contributed by atoms with van der Waals surface area (Å²) in [4.78, 5) is 0. The van der Waals surface area contributed by atoms with E-state index in [0.717, 1.165) is 13.0 Å². The van der Waals surface area contributed by atoms with Gasteiger partial charge in [0.25, 0.3) is 0 Å². The second-order valence-electron chi connectivity index (χ2n) is 7.26. The van der Waals surface area contributed by atoms with Crippen molar-refractivity contribution < 1.29 is 0 Å². The third-order valence-electron chi connectivity index (χ3n) is 5.98. The van der Waals surface area contributed by atoms with E-state index in [-0.39, 0.29) is 0 Å². The molecule has 5 aromatic rings. The molecule has 6 rings (SSSR count). The van der Waals surface area contributed by atoms with Crippen LogP contribution in [0.2, 0.25) is 0 Å². The third-order valence-corrected chi connectivity index (χ3v) is 5.98. The summed E-state index contributed by atoms with van der Waals surface area (Å²) in [5.74, 6) is 0. The van der Waals surface area contributed by atoms with E-state index in [1.54, 1.807) is 0 Å².